The fourth-order valence-electron chi connectivity index (χ4n) is 9.05. The van der Waals surface area contributed by atoms with Gasteiger partial charge in [0.25, 0.3) is 0 Å². The van der Waals surface area contributed by atoms with Crippen LogP contribution in [0.2, 0.25) is 43.4 Å². The number of hydrogen-bond acceptors (Lipinski definition) is 0. The van der Waals surface area contributed by atoms with E-state index in [1.54, 1.807) is 0 Å². The molecule has 4 aromatic rings. The molecule has 0 nitrogen and oxygen atoms in total. The summed E-state index contributed by atoms with van der Waals surface area (Å²) in [7, 11) is 14.6. The van der Waals surface area contributed by atoms with Crippen LogP contribution in [0.1, 0.15) is 75.3 Å². The molecule has 0 saturated carbocycles. The Morgan fingerprint density at radius 3 is 1.16 bits per heavy atom. The van der Waals surface area contributed by atoms with E-state index in [1.807, 2.05) is 0 Å². The number of hydrogen-bond donors (Lipinski definition) is 0. The van der Waals surface area contributed by atoms with E-state index >= 15 is 0 Å². The van der Waals surface area contributed by atoms with Crippen molar-refractivity contribution in [3.63, 3.8) is 0 Å². The normalized spacial score (nSPS) is 18.4. The van der Waals surface area contributed by atoms with Crippen molar-refractivity contribution < 1.29 is 16.4 Å². The minimum absolute atomic E-state index is 0.0353. The van der Waals surface area contributed by atoms with E-state index in [4.69, 9.17) is 17.0 Å². The third-order valence-corrected chi connectivity index (χ3v) is 36.8. The fourth-order valence-corrected chi connectivity index (χ4v) is 29.9. The average Bonchev–Trinajstić information content (AvgIpc) is 3.68. The monoisotopic (exact) mass is 827 g/mol. The predicted octanol–water partition coefficient (Wildman–Crippen LogP) is 14.1. The summed E-state index contributed by atoms with van der Waals surface area (Å²) < 4.78 is 0.886. The summed E-state index contributed by atoms with van der Waals surface area (Å²) in [6.45, 7) is 30.8. The van der Waals surface area contributed by atoms with Crippen molar-refractivity contribution in [3.05, 3.63) is 117 Å². The number of fused-ring (bicyclic) bond motifs is 2. The summed E-state index contributed by atoms with van der Waals surface area (Å²) in [5, 5.41) is 2.98. The molecular weight excluding hydrogens is 771 g/mol. The number of allylic oxidation sites excluding steroid dienone is 2. The second-order valence-electron chi connectivity index (χ2n) is 18.3. The summed E-state index contributed by atoms with van der Waals surface area (Å²) in [5.74, 6) is 0.649. The van der Waals surface area contributed by atoms with Crippen molar-refractivity contribution in [1.29, 1.82) is 0 Å². The Morgan fingerprint density at radius 2 is 0.882 bits per heavy atom. The van der Waals surface area contributed by atoms with Gasteiger partial charge in [-0.15, -0.1) is 0 Å². The zero-order valence-electron chi connectivity index (χ0n) is 33.4. The van der Waals surface area contributed by atoms with Gasteiger partial charge < -0.3 is 0 Å². The van der Waals surface area contributed by atoms with E-state index in [0.29, 0.717) is 11.8 Å². The van der Waals surface area contributed by atoms with Crippen LogP contribution < -0.4 is 10.4 Å². The first-order valence-electron chi connectivity index (χ1n) is 19.2. The molecule has 51 heavy (non-hydrogen) atoms. The molecule has 0 heterocycles. The van der Waals surface area contributed by atoms with Crippen LogP contribution in [0, 0.1) is 25.7 Å². The van der Waals surface area contributed by atoms with E-state index in [0.717, 1.165) is 4.13 Å². The molecule has 2 aliphatic carbocycles. The van der Waals surface area contributed by atoms with Gasteiger partial charge in [0.05, 0.1) is 0 Å². The molecule has 0 bridgehead atoms. The molecule has 6 rings (SSSR count). The summed E-state index contributed by atoms with van der Waals surface area (Å²) in [5.41, 5.74) is 16.0. The first kappa shape index (κ1) is 39.0. The van der Waals surface area contributed by atoms with Gasteiger partial charge in [-0.1, -0.05) is 0 Å². The van der Waals surface area contributed by atoms with Crippen molar-refractivity contribution in [2.75, 3.05) is 0 Å². The quantitative estimate of drug-likeness (QED) is 0.147. The zero-order valence-corrected chi connectivity index (χ0v) is 39.3. The molecule has 0 N–H and O–H groups in total. The van der Waals surface area contributed by atoms with Gasteiger partial charge in [0, 0.05) is 0 Å². The molecule has 5 heteroatoms. The first-order valence-corrected chi connectivity index (χ1v) is 37.1. The first-order chi connectivity index (χ1) is 23.7. The molecule has 0 spiro atoms. The Morgan fingerprint density at radius 1 is 0.549 bits per heavy atom. The van der Waals surface area contributed by atoms with Gasteiger partial charge in [-0.3, -0.25) is 0 Å². The Balaban J connectivity index is 1.58. The number of rotatable bonds is 9. The molecule has 0 aliphatic heterocycles. The SMILES string of the molecule is C[CH2][Zr]([Cl])([Cl])([CH]1C(C(C)C)=Cc2c(-c3ccc([Si](C)(C)C)cc3)ccc(C)c21)[CH]1C(C(C)C)=Cc2c(-c3ccc([Si](C)(C)C)cc3)ccc(C)c21. The van der Waals surface area contributed by atoms with Crippen LogP contribution >= 0.6 is 17.0 Å². The standard InChI is InChI=1S/2C22H27Si.C2H5.2ClH.Zr/c2*1-15(2)18-13-21-16(3)7-12-20(22(21)14-18)17-8-10-19(11-9-17)23(4,5)6;1-2;;;/h2*7-15H,1-6H3;1H2,2H3;2*1H;/q;;;;;+2/p-2. The van der Waals surface area contributed by atoms with Gasteiger partial charge in [0.15, 0.2) is 0 Å². The second kappa shape index (κ2) is 13.5. The number of aryl methyl sites for hydroxylation is 2. The van der Waals surface area contributed by atoms with Gasteiger partial charge in [0.1, 0.15) is 0 Å². The van der Waals surface area contributed by atoms with Crippen LogP contribution in [0.5, 0.6) is 0 Å². The van der Waals surface area contributed by atoms with E-state index in [2.05, 4.69) is 173 Å². The average molecular weight is 830 g/mol. The number of halogens is 2. The van der Waals surface area contributed by atoms with Crippen LogP contribution in [-0.4, -0.2) is 16.1 Å². The van der Waals surface area contributed by atoms with Crippen LogP contribution in [0.3, 0.4) is 0 Å². The fraction of sp³-hybridized carbons (Fsp3) is 0.391. The van der Waals surface area contributed by atoms with Crippen molar-refractivity contribution in [1.82, 2.24) is 0 Å². The zero-order chi connectivity index (χ0) is 37.4. The van der Waals surface area contributed by atoms with E-state index < -0.39 is 32.5 Å². The predicted molar refractivity (Wildman–Crippen MR) is 232 cm³/mol. The molecule has 0 aromatic heterocycles. The van der Waals surface area contributed by atoms with Gasteiger partial charge in [-0.2, -0.15) is 0 Å². The molecule has 0 amide bonds. The molecular formula is C46H59Cl2Si2Zr. The maximum atomic E-state index is 8.71. The Kier molecular flexibility index (Phi) is 10.3. The topological polar surface area (TPSA) is 0 Å². The van der Waals surface area contributed by atoms with Crippen LogP contribution in [0.15, 0.2) is 83.9 Å². The van der Waals surface area contributed by atoms with E-state index in [9.17, 15) is 0 Å². The van der Waals surface area contributed by atoms with Gasteiger partial charge in [-0.05, 0) is 0 Å². The summed E-state index contributed by atoms with van der Waals surface area (Å²) in [4.78, 5) is 0. The van der Waals surface area contributed by atoms with E-state index in [-0.39, 0.29) is 7.25 Å². The summed E-state index contributed by atoms with van der Waals surface area (Å²) in [6, 6.07) is 28.2. The van der Waals surface area contributed by atoms with Gasteiger partial charge in [0.2, 0.25) is 0 Å². The molecule has 0 fully saturated rings. The van der Waals surface area contributed by atoms with Crippen molar-refractivity contribution in [3.8, 4) is 22.3 Å². The van der Waals surface area contributed by atoms with Crippen LogP contribution in [0.25, 0.3) is 34.4 Å². The Hall–Kier alpha value is -1.74. The molecule has 2 atom stereocenters. The molecule has 269 valence electrons. The molecule has 0 saturated heterocycles. The van der Waals surface area contributed by atoms with Gasteiger partial charge in [-0.25, -0.2) is 0 Å². The van der Waals surface area contributed by atoms with Crippen LogP contribution in [-0.2, 0) is 16.4 Å². The molecule has 2 unspecified atom stereocenters. The summed E-state index contributed by atoms with van der Waals surface area (Å²) >= 11 is -4.98. The molecule has 0 radical (unpaired) electrons. The van der Waals surface area contributed by atoms with Crippen molar-refractivity contribution >= 4 is 55.7 Å². The van der Waals surface area contributed by atoms with Crippen molar-refractivity contribution in [2.24, 2.45) is 11.8 Å². The van der Waals surface area contributed by atoms with Crippen LogP contribution in [0.4, 0.5) is 0 Å². The molecule has 2 aliphatic rings. The van der Waals surface area contributed by atoms with E-state index in [1.165, 1.54) is 77.2 Å². The Labute approximate surface area is 320 Å². The Bertz CT molecular complexity index is 1910. The third kappa shape index (κ3) is 6.69. The molecule has 4 aromatic carbocycles. The maximum absolute atomic E-state index is 8.71. The summed E-state index contributed by atoms with van der Waals surface area (Å²) in [6.07, 6.45) is 5.01. The van der Waals surface area contributed by atoms with Crippen molar-refractivity contribution in [2.45, 2.75) is 99.1 Å². The number of benzene rings is 4. The second-order valence-corrected chi connectivity index (χ2v) is 51.4. The van der Waals surface area contributed by atoms with Gasteiger partial charge >= 0.3 is 323 Å². The third-order valence-electron chi connectivity index (χ3n) is 12.2. The minimum atomic E-state index is -4.98.